The Kier molecular flexibility index (Phi) is 3.97. The van der Waals surface area contributed by atoms with Crippen molar-refractivity contribution in [3.05, 3.63) is 33.9 Å². The van der Waals surface area contributed by atoms with E-state index in [0.29, 0.717) is 6.04 Å². The summed E-state index contributed by atoms with van der Waals surface area (Å²) in [6.45, 7) is 4.73. The molecule has 100 valence electrons. The zero-order valence-electron chi connectivity index (χ0n) is 10.8. The van der Waals surface area contributed by atoms with Gasteiger partial charge in [-0.25, -0.2) is 0 Å². The van der Waals surface area contributed by atoms with Crippen LogP contribution < -0.4 is 10.2 Å². The number of anilines is 1. The van der Waals surface area contributed by atoms with Crippen LogP contribution in [0.1, 0.15) is 18.9 Å². The highest BCUT2D eigenvalue weighted by Crippen LogP contribution is 2.27. The first-order chi connectivity index (χ1) is 9.17. The summed E-state index contributed by atoms with van der Waals surface area (Å²) in [7, 11) is 0. The molecule has 0 radical (unpaired) electrons. The summed E-state index contributed by atoms with van der Waals surface area (Å²) in [6, 6.07) is 7.07. The Morgan fingerprint density at radius 3 is 2.79 bits per heavy atom. The lowest BCUT2D eigenvalue weighted by atomic mass is 10.1. The van der Waals surface area contributed by atoms with Gasteiger partial charge in [-0.2, -0.15) is 5.26 Å². The number of hydrogen-bond donors (Lipinski definition) is 1. The molecule has 0 saturated carbocycles. The maximum Gasteiger partial charge on any atom is 0.289 e. The summed E-state index contributed by atoms with van der Waals surface area (Å²) >= 11 is 0. The lowest BCUT2D eigenvalue weighted by molar-refractivity contribution is -0.385. The van der Waals surface area contributed by atoms with Gasteiger partial charge in [-0.3, -0.25) is 10.1 Å². The molecule has 1 aliphatic rings. The van der Waals surface area contributed by atoms with E-state index in [1.54, 1.807) is 6.07 Å². The van der Waals surface area contributed by atoms with E-state index >= 15 is 0 Å². The maximum absolute atomic E-state index is 11.0. The normalized spacial score (nSPS) is 14.5. The van der Waals surface area contributed by atoms with Crippen molar-refractivity contribution in [3.8, 4) is 6.07 Å². The molecular formula is C13H16N4O2. The summed E-state index contributed by atoms with van der Waals surface area (Å²) in [6.07, 6.45) is 0.976. The van der Waals surface area contributed by atoms with Crippen LogP contribution in [0.3, 0.4) is 0 Å². The molecule has 1 saturated heterocycles. The second kappa shape index (κ2) is 5.67. The van der Waals surface area contributed by atoms with Crippen molar-refractivity contribution in [2.24, 2.45) is 0 Å². The molecule has 1 N–H and O–H groups in total. The monoisotopic (exact) mass is 260 g/mol. The van der Waals surface area contributed by atoms with Gasteiger partial charge in [0.1, 0.15) is 11.6 Å². The number of nitrogens with zero attached hydrogens (tertiary/aromatic N) is 3. The van der Waals surface area contributed by atoms with Gasteiger partial charge in [-0.05, 0) is 18.6 Å². The highest BCUT2D eigenvalue weighted by atomic mass is 16.6. The Morgan fingerprint density at radius 2 is 2.32 bits per heavy atom. The van der Waals surface area contributed by atoms with Gasteiger partial charge in [0.25, 0.3) is 5.69 Å². The molecule has 0 aliphatic carbocycles. The SMILES string of the molecule is CCCN(c1ccc(C#N)c([N+](=O)[O-])c1)C1CNC1. The fourth-order valence-electron chi connectivity index (χ4n) is 2.20. The highest BCUT2D eigenvalue weighted by Gasteiger charge is 2.26. The second-order valence-electron chi connectivity index (χ2n) is 4.58. The minimum absolute atomic E-state index is 0.108. The lowest BCUT2D eigenvalue weighted by Gasteiger charge is -2.39. The minimum atomic E-state index is -0.495. The van der Waals surface area contributed by atoms with Crippen LogP contribution in [0.5, 0.6) is 0 Å². The van der Waals surface area contributed by atoms with Crippen LogP contribution in [0.15, 0.2) is 18.2 Å². The van der Waals surface area contributed by atoms with Crippen molar-refractivity contribution in [2.75, 3.05) is 24.5 Å². The van der Waals surface area contributed by atoms with Crippen LogP contribution in [0.25, 0.3) is 0 Å². The first-order valence-electron chi connectivity index (χ1n) is 6.33. The first-order valence-corrected chi connectivity index (χ1v) is 6.33. The molecule has 1 fully saturated rings. The minimum Gasteiger partial charge on any atom is -0.366 e. The number of nitrogens with one attached hydrogen (secondary N) is 1. The van der Waals surface area contributed by atoms with Crippen molar-refractivity contribution < 1.29 is 4.92 Å². The van der Waals surface area contributed by atoms with Gasteiger partial charge in [-0.1, -0.05) is 6.92 Å². The second-order valence-corrected chi connectivity index (χ2v) is 4.58. The standard InChI is InChI=1S/C13H16N4O2/c1-2-5-16(12-8-15-9-12)11-4-3-10(7-14)13(6-11)17(18)19/h3-4,6,12,15H,2,5,8-9H2,1H3. The Labute approximate surface area is 111 Å². The largest absolute Gasteiger partial charge is 0.366 e. The van der Waals surface area contributed by atoms with Gasteiger partial charge in [0, 0.05) is 31.4 Å². The van der Waals surface area contributed by atoms with Crippen molar-refractivity contribution in [2.45, 2.75) is 19.4 Å². The molecule has 6 heteroatoms. The Balaban J connectivity index is 2.34. The first kappa shape index (κ1) is 13.3. The molecule has 6 nitrogen and oxygen atoms in total. The zero-order valence-corrected chi connectivity index (χ0v) is 10.8. The Bertz CT molecular complexity index is 520. The van der Waals surface area contributed by atoms with E-state index in [1.807, 2.05) is 6.07 Å². The third-order valence-corrected chi connectivity index (χ3v) is 3.30. The fraction of sp³-hybridized carbons (Fsp3) is 0.462. The van der Waals surface area contributed by atoms with E-state index in [1.165, 1.54) is 12.1 Å². The van der Waals surface area contributed by atoms with E-state index in [0.717, 1.165) is 31.7 Å². The maximum atomic E-state index is 11.0. The van der Waals surface area contributed by atoms with Crippen LogP contribution in [0.4, 0.5) is 11.4 Å². The third-order valence-electron chi connectivity index (χ3n) is 3.30. The number of benzene rings is 1. The smallest absolute Gasteiger partial charge is 0.289 e. The topological polar surface area (TPSA) is 82.2 Å². The van der Waals surface area contributed by atoms with E-state index in [2.05, 4.69) is 17.1 Å². The fourth-order valence-corrected chi connectivity index (χ4v) is 2.20. The van der Waals surface area contributed by atoms with Crippen LogP contribution in [-0.4, -0.2) is 30.6 Å². The van der Waals surface area contributed by atoms with E-state index < -0.39 is 4.92 Å². The van der Waals surface area contributed by atoms with Crippen LogP contribution >= 0.6 is 0 Å². The average molecular weight is 260 g/mol. The predicted molar refractivity (Wildman–Crippen MR) is 72.1 cm³/mol. The zero-order chi connectivity index (χ0) is 13.8. The van der Waals surface area contributed by atoms with Crippen molar-refractivity contribution >= 4 is 11.4 Å². The van der Waals surface area contributed by atoms with Crippen molar-refractivity contribution in [1.82, 2.24) is 5.32 Å². The molecule has 0 aromatic heterocycles. The Hall–Kier alpha value is -2.13. The van der Waals surface area contributed by atoms with Crippen LogP contribution in [0, 0.1) is 21.4 Å². The molecule has 2 rings (SSSR count). The predicted octanol–water partition coefficient (Wildman–Crippen LogP) is 1.65. The van der Waals surface area contributed by atoms with Crippen molar-refractivity contribution in [1.29, 1.82) is 5.26 Å². The molecular weight excluding hydrogens is 244 g/mol. The molecule has 0 amide bonds. The van der Waals surface area contributed by atoms with Gasteiger partial charge >= 0.3 is 0 Å². The summed E-state index contributed by atoms with van der Waals surface area (Å²) in [5.74, 6) is 0. The van der Waals surface area contributed by atoms with Gasteiger partial charge in [0.2, 0.25) is 0 Å². The highest BCUT2D eigenvalue weighted by molar-refractivity contribution is 5.61. The van der Waals surface area contributed by atoms with Gasteiger partial charge in [0.05, 0.1) is 11.0 Å². The van der Waals surface area contributed by atoms with E-state index in [4.69, 9.17) is 5.26 Å². The summed E-state index contributed by atoms with van der Waals surface area (Å²) in [5, 5.41) is 23.1. The average Bonchev–Trinajstić information content (AvgIpc) is 2.35. The van der Waals surface area contributed by atoms with Gasteiger partial charge < -0.3 is 10.2 Å². The molecule has 1 aromatic rings. The molecule has 1 heterocycles. The summed E-state index contributed by atoms with van der Waals surface area (Å²) < 4.78 is 0. The quantitative estimate of drug-likeness (QED) is 0.643. The molecule has 19 heavy (non-hydrogen) atoms. The summed E-state index contributed by atoms with van der Waals surface area (Å²) in [4.78, 5) is 12.7. The molecule has 0 bridgehead atoms. The number of hydrogen-bond acceptors (Lipinski definition) is 5. The summed E-state index contributed by atoms with van der Waals surface area (Å²) in [5.41, 5.74) is 0.810. The van der Waals surface area contributed by atoms with E-state index in [9.17, 15) is 10.1 Å². The number of nitro benzene ring substituents is 1. The van der Waals surface area contributed by atoms with Crippen LogP contribution in [0.2, 0.25) is 0 Å². The van der Waals surface area contributed by atoms with E-state index in [-0.39, 0.29) is 11.3 Å². The molecule has 0 atom stereocenters. The van der Waals surface area contributed by atoms with Crippen molar-refractivity contribution in [3.63, 3.8) is 0 Å². The number of nitro groups is 1. The van der Waals surface area contributed by atoms with Crippen LogP contribution in [-0.2, 0) is 0 Å². The number of nitriles is 1. The third kappa shape index (κ3) is 2.66. The molecule has 0 unspecified atom stereocenters. The van der Waals surface area contributed by atoms with Gasteiger partial charge in [-0.15, -0.1) is 0 Å². The molecule has 1 aromatic carbocycles. The van der Waals surface area contributed by atoms with Gasteiger partial charge in [0.15, 0.2) is 0 Å². The molecule has 0 spiro atoms. The number of rotatable bonds is 5. The Morgan fingerprint density at radius 1 is 1.58 bits per heavy atom. The molecule has 1 aliphatic heterocycles. The lowest BCUT2D eigenvalue weighted by Crippen LogP contribution is -2.57.